The highest BCUT2D eigenvalue weighted by Crippen LogP contribution is 2.53. The van der Waals surface area contributed by atoms with Crippen LogP contribution in [-0.2, 0) is 10.8 Å². The molecule has 2 heteroatoms. The van der Waals surface area contributed by atoms with E-state index in [2.05, 4.69) is 190 Å². The monoisotopic (exact) mass is 719 g/mol. The number of hydrogen-bond acceptors (Lipinski definition) is 2. The average Bonchev–Trinajstić information content (AvgIpc) is 3.85. The average molecular weight is 720 g/mol. The van der Waals surface area contributed by atoms with E-state index in [0.29, 0.717) is 0 Å². The molecule has 56 heavy (non-hydrogen) atoms. The molecule has 2 aliphatic rings. The summed E-state index contributed by atoms with van der Waals surface area (Å²) in [6.07, 6.45) is 0. The molecule has 0 aliphatic heterocycles. The predicted octanol–water partition coefficient (Wildman–Crippen LogP) is 15.0. The van der Waals surface area contributed by atoms with Gasteiger partial charge in [-0.05, 0) is 116 Å². The molecular weight excluding hydrogens is 679 g/mol. The molecule has 268 valence electrons. The van der Waals surface area contributed by atoms with Crippen molar-refractivity contribution in [1.29, 1.82) is 0 Å². The lowest BCUT2D eigenvalue weighted by Crippen LogP contribution is -2.16. The fourth-order valence-electron chi connectivity index (χ4n) is 9.70. The minimum absolute atomic E-state index is 0.0491. The van der Waals surface area contributed by atoms with Crippen molar-refractivity contribution in [3.8, 4) is 44.7 Å². The van der Waals surface area contributed by atoms with Crippen LogP contribution in [0.25, 0.3) is 66.4 Å². The molecule has 0 N–H and O–H groups in total. The Morgan fingerprint density at radius 1 is 0.375 bits per heavy atom. The van der Waals surface area contributed by atoms with E-state index in [4.69, 9.17) is 4.42 Å². The summed E-state index contributed by atoms with van der Waals surface area (Å²) in [6, 6.07) is 64.6. The van der Waals surface area contributed by atoms with Crippen LogP contribution in [0.15, 0.2) is 180 Å². The van der Waals surface area contributed by atoms with Gasteiger partial charge in [0.15, 0.2) is 0 Å². The van der Waals surface area contributed by atoms with E-state index in [1.807, 2.05) is 18.2 Å². The van der Waals surface area contributed by atoms with Gasteiger partial charge < -0.3 is 9.32 Å². The van der Waals surface area contributed by atoms with Crippen LogP contribution < -0.4 is 4.90 Å². The molecule has 11 rings (SSSR count). The van der Waals surface area contributed by atoms with Crippen LogP contribution in [-0.4, -0.2) is 0 Å². The van der Waals surface area contributed by atoms with Crippen molar-refractivity contribution in [2.75, 3.05) is 4.90 Å². The van der Waals surface area contributed by atoms with E-state index >= 15 is 0 Å². The van der Waals surface area contributed by atoms with Crippen molar-refractivity contribution in [3.63, 3.8) is 0 Å². The summed E-state index contributed by atoms with van der Waals surface area (Å²) in [7, 11) is 0. The molecule has 0 saturated carbocycles. The first kappa shape index (κ1) is 32.8. The minimum atomic E-state index is -0.0491. The molecule has 2 aliphatic carbocycles. The maximum atomic E-state index is 6.45. The van der Waals surface area contributed by atoms with Crippen molar-refractivity contribution < 1.29 is 4.42 Å². The molecule has 0 fully saturated rings. The van der Waals surface area contributed by atoms with Gasteiger partial charge in [-0.25, -0.2) is 0 Å². The molecule has 0 amide bonds. The predicted molar refractivity (Wildman–Crippen MR) is 234 cm³/mol. The minimum Gasteiger partial charge on any atom is -0.455 e. The molecular formula is C54H41NO. The van der Waals surface area contributed by atoms with Gasteiger partial charge in [0.25, 0.3) is 0 Å². The number of benzene rings is 8. The van der Waals surface area contributed by atoms with Crippen molar-refractivity contribution in [2.24, 2.45) is 0 Å². The van der Waals surface area contributed by atoms with Gasteiger partial charge in [-0.2, -0.15) is 0 Å². The van der Waals surface area contributed by atoms with Crippen molar-refractivity contribution in [1.82, 2.24) is 0 Å². The van der Waals surface area contributed by atoms with Gasteiger partial charge in [0, 0.05) is 44.2 Å². The summed E-state index contributed by atoms with van der Waals surface area (Å²) in [5, 5.41) is 3.40. The van der Waals surface area contributed by atoms with Gasteiger partial charge in [-0.1, -0.05) is 149 Å². The van der Waals surface area contributed by atoms with Crippen molar-refractivity contribution in [3.05, 3.63) is 198 Å². The van der Waals surface area contributed by atoms with Gasteiger partial charge in [-0.3, -0.25) is 0 Å². The van der Waals surface area contributed by atoms with Crippen LogP contribution in [0, 0.1) is 0 Å². The van der Waals surface area contributed by atoms with Crippen LogP contribution in [0.3, 0.4) is 0 Å². The summed E-state index contributed by atoms with van der Waals surface area (Å²) >= 11 is 0. The quantitative estimate of drug-likeness (QED) is 0.176. The van der Waals surface area contributed by atoms with E-state index in [0.717, 1.165) is 50.1 Å². The molecule has 0 radical (unpaired) electrons. The summed E-state index contributed by atoms with van der Waals surface area (Å²) in [5.74, 6) is 0.893. The van der Waals surface area contributed by atoms with Crippen LogP contribution in [0.5, 0.6) is 0 Å². The highest BCUT2D eigenvalue weighted by molar-refractivity contribution is 6.06. The van der Waals surface area contributed by atoms with Gasteiger partial charge >= 0.3 is 0 Å². The van der Waals surface area contributed by atoms with E-state index in [-0.39, 0.29) is 10.8 Å². The van der Waals surface area contributed by atoms with E-state index in [1.54, 1.807) is 0 Å². The molecule has 1 aromatic heterocycles. The molecule has 0 saturated heterocycles. The van der Waals surface area contributed by atoms with Crippen molar-refractivity contribution >= 4 is 38.8 Å². The Kier molecular flexibility index (Phi) is 6.98. The Labute approximate surface area is 328 Å². The zero-order valence-electron chi connectivity index (χ0n) is 32.1. The maximum Gasteiger partial charge on any atom is 0.142 e. The number of rotatable bonds is 5. The molecule has 0 bridgehead atoms. The lowest BCUT2D eigenvalue weighted by Gasteiger charge is -2.28. The second-order valence-corrected chi connectivity index (χ2v) is 16.6. The third kappa shape index (κ3) is 4.82. The third-order valence-corrected chi connectivity index (χ3v) is 12.7. The summed E-state index contributed by atoms with van der Waals surface area (Å²) in [5.41, 5.74) is 18.5. The molecule has 0 unspecified atom stereocenters. The lowest BCUT2D eigenvalue weighted by atomic mass is 9.82. The Morgan fingerprint density at radius 2 is 0.893 bits per heavy atom. The fourth-order valence-corrected chi connectivity index (χ4v) is 9.70. The molecule has 0 atom stereocenters. The Morgan fingerprint density at radius 3 is 1.52 bits per heavy atom. The van der Waals surface area contributed by atoms with Gasteiger partial charge in [0.1, 0.15) is 11.3 Å². The standard InChI is InChI=1S/C54H41NO/c1-53(2)47-16-10-8-14-43(47)45-32-40(25-28-49(45)53)55(41-26-29-50-46(33-41)44-15-9-11-17-48(44)54(50,3)4)39-23-20-34(21-24-39)36-22-27-42-37(30-36)18-19-38-31-51(56-52(38)42)35-12-6-5-7-13-35/h5-33H,1-4H3. The zero-order valence-corrected chi connectivity index (χ0v) is 32.1. The molecule has 2 nitrogen and oxygen atoms in total. The zero-order chi connectivity index (χ0) is 37.8. The highest BCUT2D eigenvalue weighted by atomic mass is 16.3. The normalized spacial score (nSPS) is 14.4. The lowest BCUT2D eigenvalue weighted by molar-refractivity contribution is 0.635. The van der Waals surface area contributed by atoms with Crippen LogP contribution in [0.1, 0.15) is 49.9 Å². The Bertz CT molecular complexity index is 2910. The third-order valence-electron chi connectivity index (χ3n) is 12.7. The number of furan rings is 1. The Hall–Kier alpha value is -6.64. The van der Waals surface area contributed by atoms with E-state index < -0.39 is 0 Å². The number of fused-ring (bicyclic) bond motifs is 9. The first-order valence-electron chi connectivity index (χ1n) is 19.7. The van der Waals surface area contributed by atoms with E-state index in [9.17, 15) is 0 Å². The first-order chi connectivity index (χ1) is 27.3. The smallest absolute Gasteiger partial charge is 0.142 e. The molecule has 8 aromatic carbocycles. The van der Waals surface area contributed by atoms with Gasteiger partial charge in [0.05, 0.1) is 0 Å². The largest absolute Gasteiger partial charge is 0.455 e. The molecule has 1 heterocycles. The van der Waals surface area contributed by atoms with Crippen LogP contribution in [0.4, 0.5) is 17.1 Å². The molecule has 9 aromatic rings. The second kappa shape index (κ2) is 11.9. The number of hydrogen-bond donors (Lipinski definition) is 0. The van der Waals surface area contributed by atoms with Crippen molar-refractivity contribution in [2.45, 2.75) is 38.5 Å². The second-order valence-electron chi connectivity index (χ2n) is 16.6. The maximum absolute atomic E-state index is 6.45. The Balaban J connectivity index is 1.02. The van der Waals surface area contributed by atoms with Gasteiger partial charge in [-0.15, -0.1) is 0 Å². The first-order valence-corrected chi connectivity index (χ1v) is 19.7. The highest BCUT2D eigenvalue weighted by Gasteiger charge is 2.37. The van der Waals surface area contributed by atoms with Gasteiger partial charge in [0.2, 0.25) is 0 Å². The summed E-state index contributed by atoms with van der Waals surface area (Å²) in [6.45, 7) is 9.39. The van der Waals surface area contributed by atoms with Crippen LogP contribution in [0.2, 0.25) is 0 Å². The topological polar surface area (TPSA) is 16.4 Å². The summed E-state index contributed by atoms with van der Waals surface area (Å²) < 4.78 is 6.45. The van der Waals surface area contributed by atoms with Crippen LogP contribution >= 0.6 is 0 Å². The number of nitrogens with zero attached hydrogens (tertiary/aromatic N) is 1. The number of anilines is 3. The summed E-state index contributed by atoms with van der Waals surface area (Å²) in [4.78, 5) is 2.44. The van der Waals surface area contributed by atoms with E-state index in [1.165, 1.54) is 55.6 Å². The molecule has 0 spiro atoms. The fraction of sp³-hybridized carbons (Fsp3) is 0.111. The SMILES string of the molecule is CC1(C)c2ccccc2-c2cc(N(c3ccc(-c4ccc5c(ccc6cc(-c7ccccc7)oc65)c4)cc3)c3ccc4c(c3)-c3ccccc3C4(C)C)ccc21.